The van der Waals surface area contributed by atoms with Crippen molar-refractivity contribution in [2.24, 2.45) is 5.41 Å². The molecular formula is C24H32O5S. The van der Waals surface area contributed by atoms with Crippen LogP contribution < -0.4 is 4.74 Å². The Bertz CT molecular complexity index is 881. The quantitative estimate of drug-likeness (QED) is 0.583. The van der Waals surface area contributed by atoms with Crippen LogP contribution in [0.1, 0.15) is 51.5 Å². The Morgan fingerprint density at radius 2 is 1.83 bits per heavy atom. The van der Waals surface area contributed by atoms with Crippen LogP contribution in [0.4, 0.5) is 0 Å². The molecule has 0 saturated carbocycles. The average Bonchev–Trinajstić information content (AvgIpc) is 2.70. The number of aliphatic carboxylic acids is 1. The van der Waals surface area contributed by atoms with Gasteiger partial charge in [0.15, 0.2) is 6.29 Å². The van der Waals surface area contributed by atoms with Gasteiger partial charge in [-0.05, 0) is 41.3 Å². The van der Waals surface area contributed by atoms with E-state index in [1.807, 2.05) is 36.4 Å². The van der Waals surface area contributed by atoms with Crippen molar-refractivity contribution in [3.05, 3.63) is 42.0 Å². The molecule has 164 valence electrons. The van der Waals surface area contributed by atoms with Gasteiger partial charge in [-0.2, -0.15) is 12.6 Å². The van der Waals surface area contributed by atoms with Crippen LogP contribution in [0.2, 0.25) is 0 Å². The lowest BCUT2D eigenvalue weighted by molar-refractivity contribution is -0.235. The highest BCUT2D eigenvalue weighted by molar-refractivity contribution is 7.81. The molecule has 0 aromatic heterocycles. The Kier molecular flexibility index (Phi) is 7.00. The van der Waals surface area contributed by atoms with Gasteiger partial charge in [-0.15, -0.1) is 0 Å². The maximum Gasteiger partial charge on any atom is 0.310 e. The van der Waals surface area contributed by atoms with E-state index in [2.05, 4.69) is 20.8 Å². The molecule has 1 aliphatic heterocycles. The number of hydrogen-bond acceptors (Lipinski definition) is 5. The predicted molar refractivity (Wildman–Crippen MR) is 122 cm³/mol. The highest BCUT2D eigenvalue weighted by Crippen LogP contribution is 2.35. The molecule has 3 rings (SSSR count). The van der Waals surface area contributed by atoms with Gasteiger partial charge in [0.05, 0.1) is 31.0 Å². The fraction of sp³-hybridized carbons (Fsp3) is 0.542. The number of carbonyl (C=O) groups is 1. The number of carboxylic acid groups (broad SMARTS) is 1. The summed E-state index contributed by atoms with van der Waals surface area (Å²) in [5.74, 6) is -0.573. The molecule has 2 aromatic rings. The van der Waals surface area contributed by atoms with Gasteiger partial charge in [-0.1, -0.05) is 51.5 Å². The molecule has 0 aliphatic carbocycles. The maximum atomic E-state index is 12.0. The lowest BCUT2D eigenvalue weighted by Gasteiger charge is -2.41. The van der Waals surface area contributed by atoms with E-state index in [4.69, 9.17) is 26.8 Å². The summed E-state index contributed by atoms with van der Waals surface area (Å²) >= 11 is 4.79. The van der Waals surface area contributed by atoms with Crippen LogP contribution in [0.15, 0.2) is 36.4 Å². The Balaban J connectivity index is 1.63. The second-order valence-corrected chi connectivity index (χ2v) is 10.2. The van der Waals surface area contributed by atoms with Gasteiger partial charge in [0.2, 0.25) is 0 Å². The van der Waals surface area contributed by atoms with E-state index in [-0.39, 0.29) is 16.5 Å². The van der Waals surface area contributed by atoms with Gasteiger partial charge in [0, 0.05) is 5.41 Å². The number of rotatable bonds is 7. The molecule has 0 radical (unpaired) electrons. The Hall–Kier alpha value is -1.76. The van der Waals surface area contributed by atoms with Crippen molar-refractivity contribution in [1.29, 1.82) is 0 Å². The third-order valence-electron chi connectivity index (χ3n) is 5.62. The summed E-state index contributed by atoms with van der Waals surface area (Å²) in [4.78, 5) is 12.0. The molecule has 1 saturated heterocycles. The van der Waals surface area contributed by atoms with Crippen molar-refractivity contribution in [3.63, 3.8) is 0 Å². The Morgan fingerprint density at radius 3 is 2.43 bits per heavy atom. The first kappa shape index (κ1) is 22.9. The van der Waals surface area contributed by atoms with E-state index in [1.54, 1.807) is 7.11 Å². The summed E-state index contributed by atoms with van der Waals surface area (Å²) in [5, 5.41) is 11.9. The molecule has 0 spiro atoms. The molecule has 6 heteroatoms. The smallest absolute Gasteiger partial charge is 0.310 e. The van der Waals surface area contributed by atoms with Crippen LogP contribution in [0.5, 0.6) is 5.75 Å². The van der Waals surface area contributed by atoms with Crippen LogP contribution in [-0.4, -0.2) is 42.4 Å². The van der Waals surface area contributed by atoms with E-state index in [9.17, 15) is 9.90 Å². The molecule has 1 N–H and O–H groups in total. The van der Waals surface area contributed by atoms with Gasteiger partial charge >= 0.3 is 5.97 Å². The summed E-state index contributed by atoms with van der Waals surface area (Å²) in [6.07, 6.45) is 1.78. The monoisotopic (exact) mass is 432 g/mol. The predicted octanol–water partition coefficient (Wildman–Crippen LogP) is 5.27. The zero-order valence-corrected chi connectivity index (χ0v) is 19.1. The second-order valence-electron chi connectivity index (χ2n) is 9.30. The highest BCUT2D eigenvalue weighted by atomic mass is 32.1. The minimum atomic E-state index is -0.806. The van der Waals surface area contributed by atoms with Crippen molar-refractivity contribution in [2.75, 3.05) is 20.3 Å². The first-order valence-electron chi connectivity index (χ1n) is 10.4. The number of methoxy groups -OCH3 is 1. The maximum absolute atomic E-state index is 12.0. The molecule has 2 aromatic carbocycles. The number of fused-ring (bicyclic) bond motifs is 1. The molecule has 5 nitrogen and oxygen atoms in total. The fourth-order valence-electron chi connectivity index (χ4n) is 3.85. The molecule has 1 fully saturated rings. The summed E-state index contributed by atoms with van der Waals surface area (Å²) < 4.78 is 16.7. The normalized spacial score (nSPS) is 23.3. The fourth-order valence-corrected chi connectivity index (χ4v) is 4.16. The van der Waals surface area contributed by atoms with Crippen molar-refractivity contribution in [1.82, 2.24) is 0 Å². The Labute approximate surface area is 184 Å². The van der Waals surface area contributed by atoms with Crippen molar-refractivity contribution < 1.29 is 24.1 Å². The molecule has 1 atom stereocenters. The summed E-state index contributed by atoms with van der Waals surface area (Å²) in [7, 11) is 1.63. The zero-order valence-electron chi connectivity index (χ0n) is 18.2. The van der Waals surface area contributed by atoms with Crippen LogP contribution in [-0.2, 0) is 14.3 Å². The zero-order chi connectivity index (χ0) is 21.9. The van der Waals surface area contributed by atoms with E-state index in [0.29, 0.717) is 19.6 Å². The summed E-state index contributed by atoms with van der Waals surface area (Å²) in [5.41, 5.74) is 0.737. The molecule has 0 amide bonds. The molecule has 1 heterocycles. The molecule has 30 heavy (non-hydrogen) atoms. The summed E-state index contributed by atoms with van der Waals surface area (Å²) in [6.45, 7) is 7.27. The van der Waals surface area contributed by atoms with E-state index in [1.165, 1.54) is 0 Å². The Morgan fingerprint density at radius 1 is 1.20 bits per heavy atom. The van der Waals surface area contributed by atoms with E-state index in [0.717, 1.165) is 34.9 Å². The second kappa shape index (κ2) is 9.16. The topological polar surface area (TPSA) is 65.0 Å². The largest absolute Gasteiger partial charge is 0.497 e. The van der Waals surface area contributed by atoms with Gasteiger partial charge in [-0.3, -0.25) is 4.79 Å². The molecule has 0 unspecified atom stereocenters. The first-order valence-corrected chi connectivity index (χ1v) is 10.8. The van der Waals surface area contributed by atoms with Gasteiger partial charge in [0.1, 0.15) is 5.75 Å². The highest BCUT2D eigenvalue weighted by Gasteiger charge is 2.38. The van der Waals surface area contributed by atoms with E-state index < -0.39 is 11.9 Å². The number of benzene rings is 2. The lowest BCUT2D eigenvalue weighted by atomic mass is 9.89. The molecule has 0 bridgehead atoms. The van der Waals surface area contributed by atoms with E-state index >= 15 is 0 Å². The number of carboxylic acids is 1. The summed E-state index contributed by atoms with van der Waals surface area (Å²) in [6, 6.07) is 11.6. The number of thiol groups is 1. The van der Waals surface area contributed by atoms with Crippen LogP contribution in [0, 0.1) is 5.41 Å². The number of ether oxygens (including phenoxy) is 3. The van der Waals surface area contributed by atoms with Crippen LogP contribution in [0.25, 0.3) is 10.8 Å². The third-order valence-corrected chi connectivity index (χ3v) is 6.10. The molecular weight excluding hydrogens is 400 g/mol. The van der Waals surface area contributed by atoms with Gasteiger partial charge in [-0.25, -0.2) is 0 Å². The lowest BCUT2D eigenvalue weighted by Crippen LogP contribution is -2.47. The van der Waals surface area contributed by atoms with Crippen LogP contribution in [0.3, 0.4) is 0 Å². The van der Waals surface area contributed by atoms with Crippen molar-refractivity contribution in [3.8, 4) is 5.75 Å². The van der Waals surface area contributed by atoms with Crippen LogP contribution >= 0.6 is 12.6 Å². The average molecular weight is 433 g/mol. The van der Waals surface area contributed by atoms with Gasteiger partial charge < -0.3 is 19.3 Å². The molecule has 1 aliphatic rings. The van der Waals surface area contributed by atoms with Gasteiger partial charge in [0.25, 0.3) is 0 Å². The third kappa shape index (κ3) is 5.48. The minimum absolute atomic E-state index is 0.0798. The van der Waals surface area contributed by atoms with Crippen molar-refractivity contribution in [2.45, 2.75) is 57.0 Å². The first-order chi connectivity index (χ1) is 14.1. The number of hydrogen-bond donors (Lipinski definition) is 2. The SMILES string of the molecule is COc1ccc2cc([C@H](CCCC3(S)COC(C(C)(C)C)OC3)C(=O)O)ccc2c1. The minimum Gasteiger partial charge on any atom is -0.497 e. The van der Waals surface area contributed by atoms with Crippen molar-refractivity contribution >= 4 is 29.4 Å². The standard InChI is InChI=1S/C24H32O5S/c1-23(2,3)22-28-14-24(30,15-29-22)11-5-6-20(21(25)26)18-8-7-17-13-19(27-4)10-9-16(17)12-18/h7-10,12-13,20,22,30H,5-6,11,14-15H2,1-4H3,(H,25,26)/t20-,22?,24?/m0/s1.